The Bertz CT molecular complexity index is 746. The molecule has 0 saturated heterocycles. The molecule has 0 spiro atoms. The van der Waals surface area contributed by atoms with Crippen molar-refractivity contribution in [2.24, 2.45) is 4.99 Å². The molecule has 2 aromatic rings. The summed E-state index contributed by atoms with van der Waals surface area (Å²) in [6.45, 7) is 4.13. The molecule has 0 atom stereocenters. The zero-order valence-corrected chi connectivity index (χ0v) is 18.9. The first kappa shape index (κ1) is 23.7. The number of nitrogens with zero attached hydrogens (tertiary/aromatic N) is 1. The second-order valence-corrected chi connectivity index (χ2v) is 5.91. The highest BCUT2D eigenvalue weighted by Crippen LogP contribution is 2.11. The van der Waals surface area contributed by atoms with Crippen molar-refractivity contribution in [3.05, 3.63) is 65.2 Å². The average Bonchev–Trinajstić information content (AvgIpc) is 2.72. The van der Waals surface area contributed by atoms with E-state index in [1.165, 1.54) is 12.7 Å². The number of hydrogen-bond donors (Lipinski definition) is 2. The van der Waals surface area contributed by atoms with Crippen LogP contribution in [0.1, 0.15) is 28.4 Å². The van der Waals surface area contributed by atoms with Crippen LogP contribution in [0.15, 0.2) is 53.5 Å². The summed E-state index contributed by atoms with van der Waals surface area (Å²) in [5.74, 6) is 1.29. The highest BCUT2D eigenvalue weighted by Gasteiger charge is 2.04. The van der Waals surface area contributed by atoms with Crippen molar-refractivity contribution in [2.45, 2.75) is 19.9 Å². The van der Waals surface area contributed by atoms with E-state index < -0.39 is 0 Å². The topological polar surface area (TPSA) is 72.0 Å². The molecule has 0 radical (unpaired) electrons. The van der Waals surface area contributed by atoms with Gasteiger partial charge in [0.2, 0.25) is 0 Å². The quantitative estimate of drug-likeness (QED) is 0.253. The van der Waals surface area contributed by atoms with Gasteiger partial charge in [0.05, 0.1) is 26.3 Å². The first-order chi connectivity index (χ1) is 13.2. The summed E-state index contributed by atoms with van der Waals surface area (Å²) in [5, 5.41) is 6.58. The number of nitrogens with one attached hydrogen (secondary N) is 2. The van der Waals surface area contributed by atoms with E-state index in [-0.39, 0.29) is 29.9 Å². The van der Waals surface area contributed by atoms with Crippen LogP contribution in [-0.2, 0) is 17.7 Å². The highest BCUT2D eigenvalue weighted by atomic mass is 127. The number of carbonyl (C=O) groups excluding carboxylic acids is 1. The van der Waals surface area contributed by atoms with Crippen LogP contribution in [0.2, 0.25) is 0 Å². The van der Waals surface area contributed by atoms with Gasteiger partial charge in [0, 0.05) is 13.1 Å². The Hall–Kier alpha value is -2.29. The fraction of sp³-hybridized carbons (Fsp3) is 0.333. The maximum atomic E-state index is 11.5. The molecular weight excluding hydrogens is 469 g/mol. The van der Waals surface area contributed by atoms with Crippen LogP contribution >= 0.6 is 24.0 Å². The summed E-state index contributed by atoms with van der Waals surface area (Å²) in [5.41, 5.74) is 2.79. The van der Waals surface area contributed by atoms with Gasteiger partial charge in [0.15, 0.2) is 5.96 Å². The number of ether oxygens (including phenoxy) is 2. The molecule has 0 fully saturated rings. The summed E-state index contributed by atoms with van der Waals surface area (Å²) in [6.07, 6.45) is 0.891. The summed E-state index contributed by atoms with van der Waals surface area (Å²) in [7, 11) is 3.04. The third-order valence-corrected chi connectivity index (χ3v) is 4.00. The van der Waals surface area contributed by atoms with Crippen LogP contribution in [0.25, 0.3) is 0 Å². The summed E-state index contributed by atoms with van der Waals surface area (Å²) >= 11 is 0. The van der Waals surface area contributed by atoms with Gasteiger partial charge in [-0.2, -0.15) is 0 Å². The van der Waals surface area contributed by atoms with Crippen LogP contribution < -0.4 is 15.4 Å². The van der Waals surface area contributed by atoms with Crippen LogP contribution in [-0.4, -0.2) is 39.2 Å². The normalized spacial score (nSPS) is 10.6. The number of guanidine groups is 1. The minimum absolute atomic E-state index is 0. The summed E-state index contributed by atoms with van der Waals surface area (Å²) in [6, 6.07) is 15.3. The molecule has 6 nitrogen and oxygen atoms in total. The van der Waals surface area contributed by atoms with Gasteiger partial charge < -0.3 is 20.1 Å². The molecule has 0 aliphatic rings. The summed E-state index contributed by atoms with van der Waals surface area (Å²) < 4.78 is 9.88. The fourth-order valence-electron chi connectivity index (χ4n) is 2.49. The average molecular weight is 497 g/mol. The molecule has 28 heavy (non-hydrogen) atoms. The van der Waals surface area contributed by atoms with Gasteiger partial charge >= 0.3 is 5.97 Å². The lowest BCUT2D eigenvalue weighted by molar-refractivity contribution is 0.0600. The summed E-state index contributed by atoms with van der Waals surface area (Å²) in [4.78, 5) is 16.1. The van der Waals surface area contributed by atoms with Crippen LogP contribution in [0.5, 0.6) is 5.75 Å². The Labute approximate surface area is 183 Å². The molecule has 0 aromatic heterocycles. The van der Waals surface area contributed by atoms with Gasteiger partial charge in [-0.1, -0.05) is 24.3 Å². The molecule has 0 amide bonds. The molecular formula is C21H28IN3O3. The van der Waals surface area contributed by atoms with Crippen molar-refractivity contribution in [2.75, 3.05) is 27.3 Å². The van der Waals surface area contributed by atoms with E-state index in [4.69, 9.17) is 9.47 Å². The van der Waals surface area contributed by atoms with Gasteiger partial charge in [0.25, 0.3) is 0 Å². The molecule has 0 aliphatic carbocycles. The molecule has 2 N–H and O–H groups in total. The van der Waals surface area contributed by atoms with Crippen molar-refractivity contribution >= 4 is 35.9 Å². The third-order valence-electron chi connectivity index (χ3n) is 4.00. The third kappa shape index (κ3) is 7.75. The van der Waals surface area contributed by atoms with Crippen molar-refractivity contribution in [1.29, 1.82) is 0 Å². The lowest BCUT2D eigenvalue weighted by atomic mass is 10.1. The van der Waals surface area contributed by atoms with E-state index in [0.29, 0.717) is 12.1 Å². The van der Waals surface area contributed by atoms with Crippen molar-refractivity contribution in [3.8, 4) is 5.75 Å². The molecule has 152 valence electrons. The molecule has 0 aliphatic heterocycles. The smallest absolute Gasteiger partial charge is 0.337 e. The zero-order chi connectivity index (χ0) is 19.5. The second-order valence-electron chi connectivity index (χ2n) is 5.91. The van der Waals surface area contributed by atoms with Gasteiger partial charge in [-0.3, -0.25) is 0 Å². The Kier molecular flexibility index (Phi) is 11.0. The number of halogens is 1. The molecule has 7 heteroatoms. The Morgan fingerprint density at radius 3 is 2.18 bits per heavy atom. The molecule has 2 rings (SSSR count). The Balaban J connectivity index is 0.00000392. The van der Waals surface area contributed by atoms with Crippen LogP contribution in [0, 0.1) is 0 Å². The van der Waals surface area contributed by atoms with Gasteiger partial charge in [-0.15, -0.1) is 24.0 Å². The molecule has 0 bridgehead atoms. The number of rotatable bonds is 8. The molecule has 0 unspecified atom stereocenters. The van der Waals surface area contributed by atoms with Crippen LogP contribution in [0.4, 0.5) is 0 Å². The first-order valence-corrected chi connectivity index (χ1v) is 8.98. The molecule has 2 aromatic carbocycles. The first-order valence-electron chi connectivity index (χ1n) is 8.98. The molecule has 0 heterocycles. The van der Waals surface area contributed by atoms with E-state index in [1.54, 1.807) is 19.2 Å². The van der Waals surface area contributed by atoms with Crippen molar-refractivity contribution in [3.63, 3.8) is 0 Å². The number of benzene rings is 2. The van der Waals surface area contributed by atoms with Crippen molar-refractivity contribution in [1.82, 2.24) is 10.6 Å². The monoisotopic (exact) mass is 497 g/mol. The van der Waals surface area contributed by atoms with E-state index in [9.17, 15) is 4.79 Å². The number of esters is 1. The molecule has 0 saturated carbocycles. The maximum absolute atomic E-state index is 11.5. The SMILES string of the molecule is CCNC(=NCc1ccc(C(=O)OC)cc1)NCCc1ccc(OC)cc1.I. The fourth-order valence-corrected chi connectivity index (χ4v) is 2.49. The van der Waals surface area contributed by atoms with Gasteiger partial charge in [-0.05, 0) is 48.7 Å². The lowest BCUT2D eigenvalue weighted by Gasteiger charge is -2.11. The minimum Gasteiger partial charge on any atom is -0.497 e. The van der Waals surface area contributed by atoms with Gasteiger partial charge in [-0.25, -0.2) is 9.79 Å². The number of carbonyl (C=O) groups is 1. The van der Waals surface area contributed by atoms with Crippen molar-refractivity contribution < 1.29 is 14.3 Å². The maximum Gasteiger partial charge on any atom is 0.337 e. The van der Waals surface area contributed by atoms with Gasteiger partial charge in [0.1, 0.15) is 5.75 Å². The number of hydrogen-bond acceptors (Lipinski definition) is 4. The standard InChI is InChI=1S/C21H27N3O3.HI/c1-4-22-21(23-14-13-16-7-11-19(26-2)12-8-16)24-15-17-5-9-18(10-6-17)20(25)27-3;/h5-12H,4,13-15H2,1-3H3,(H2,22,23,24);1H. The lowest BCUT2D eigenvalue weighted by Crippen LogP contribution is -2.38. The van der Waals surface area contributed by atoms with E-state index >= 15 is 0 Å². The van der Waals surface area contributed by atoms with Crippen LogP contribution in [0.3, 0.4) is 0 Å². The Morgan fingerprint density at radius 2 is 1.61 bits per heavy atom. The highest BCUT2D eigenvalue weighted by molar-refractivity contribution is 14.0. The number of methoxy groups -OCH3 is 2. The second kappa shape index (κ2) is 13.0. The van der Waals surface area contributed by atoms with E-state index in [2.05, 4.69) is 27.8 Å². The largest absolute Gasteiger partial charge is 0.497 e. The number of aliphatic imine (C=N–C) groups is 1. The van der Waals surface area contributed by atoms with E-state index in [0.717, 1.165) is 36.8 Å². The predicted molar refractivity (Wildman–Crippen MR) is 123 cm³/mol. The predicted octanol–water partition coefficient (Wildman–Crippen LogP) is 3.40. The van der Waals surface area contributed by atoms with E-state index in [1.807, 2.05) is 31.2 Å². The minimum atomic E-state index is -0.335. The Morgan fingerprint density at radius 1 is 0.964 bits per heavy atom. The zero-order valence-electron chi connectivity index (χ0n) is 16.5.